The van der Waals surface area contributed by atoms with Gasteiger partial charge in [-0.05, 0) is 36.4 Å². The molecule has 6 aromatic rings. The molecule has 0 spiro atoms. The highest BCUT2D eigenvalue weighted by atomic mass is 32.1. The maximum Gasteiger partial charge on any atom is 0.0971 e. The molecule has 0 saturated carbocycles. The van der Waals surface area contributed by atoms with Crippen LogP contribution in [0.4, 0.5) is 0 Å². The van der Waals surface area contributed by atoms with Crippen molar-refractivity contribution in [2.45, 2.75) is 0 Å². The summed E-state index contributed by atoms with van der Waals surface area (Å²) in [6.07, 6.45) is 10.6. The van der Waals surface area contributed by atoms with Crippen LogP contribution in [0.15, 0.2) is 114 Å². The van der Waals surface area contributed by atoms with Crippen molar-refractivity contribution >= 4 is 64.9 Å². The molecule has 8 rings (SSSR count). The third-order valence-electron chi connectivity index (χ3n) is 7.10. The number of benzene rings is 3. The second-order valence-electron chi connectivity index (χ2n) is 9.03. The summed E-state index contributed by atoms with van der Waals surface area (Å²) in [5.74, 6) is 0.146. The Hall–Kier alpha value is -4.28. The number of nitrogens with zero attached hydrogens (tertiary/aromatic N) is 3. The van der Waals surface area contributed by atoms with Crippen LogP contribution in [-0.4, -0.2) is 15.3 Å². The Balaban J connectivity index is 1.52. The van der Waals surface area contributed by atoms with E-state index in [9.17, 15) is 0 Å². The van der Waals surface area contributed by atoms with Gasteiger partial charge in [-0.15, -0.1) is 11.3 Å². The van der Waals surface area contributed by atoms with E-state index in [1.54, 1.807) is 0 Å². The molecule has 0 amide bonds. The van der Waals surface area contributed by atoms with Crippen LogP contribution in [0.25, 0.3) is 59.1 Å². The van der Waals surface area contributed by atoms with Crippen LogP contribution in [0.3, 0.4) is 0 Å². The molecule has 164 valence electrons. The average molecular weight is 466 g/mol. The zero-order valence-electron chi connectivity index (χ0n) is 18.7. The summed E-state index contributed by atoms with van der Waals surface area (Å²) in [4.78, 5) is 10.0. The van der Waals surface area contributed by atoms with Gasteiger partial charge in [0, 0.05) is 37.3 Å². The highest BCUT2D eigenvalue weighted by Gasteiger charge is 2.28. The van der Waals surface area contributed by atoms with E-state index in [1.807, 2.05) is 23.6 Å². The van der Waals surface area contributed by atoms with Crippen LogP contribution < -0.4 is 0 Å². The zero-order valence-corrected chi connectivity index (χ0v) is 19.5. The summed E-state index contributed by atoms with van der Waals surface area (Å²) >= 11 is 1.85. The molecule has 1 unspecified atom stereocenters. The van der Waals surface area contributed by atoms with Gasteiger partial charge in [-0.25, -0.2) is 4.98 Å². The van der Waals surface area contributed by atoms with Crippen molar-refractivity contribution < 1.29 is 0 Å². The number of hydrogen-bond acceptors (Lipinski definition) is 3. The van der Waals surface area contributed by atoms with E-state index in [2.05, 4.69) is 102 Å². The Bertz CT molecular complexity index is 1950. The van der Waals surface area contributed by atoms with Gasteiger partial charge in [0.15, 0.2) is 0 Å². The molecule has 3 aromatic carbocycles. The van der Waals surface area contributed by atoms with Crippen molar-refractivity contribution in [3.63, 3.8) is 0 Å². The first kappa shape index (κ1) is 19.1. The van der Waals surface area contributed by atoms with E-state index in [4.69, 9.17) is 9.98 Å². The molecule has 2 aliphatic rings. The highest BCUT2D eigenvalue weighted by Crippen LogP contribution is 2.44. The number of allylic oxidation sites excluding steroid dienone is 5. The molecule has 3 nitrogen and oxygen atoms in total. The van der Waals surface area contributed by atoms with E-state index in [1.165, 1.54) is 36.8 Å². The van der Waals surface area contributed by atoms with Crippen molar-refractivity contribution in [1.29, 1.82) is 0 Å². The molecule has 0 bridgehead atoms. The molecule has 35 heavy (non-hydrogen) atoms. The first-order valence-electron chi connectivity index (χ1n) is 11.8. The summed E-state index contributed by atoms with van der Waals surface area (Å²) in [5.41, 5.74) is 7.76. The molecule has 3 aromatic heterocycles. The van der Waals surface area contributed by atoms with Crippen LogP contribution in [0.1, 0.15) is 0 Å². The fourth-order valence-electron chi connectivity index (χ4n) is 5.53. The number of rotatable bonds is 2. The van der Waals surface area contributed by atoms with Gasteiger partial charge in [0.25, 0.3) is 0 Å². The van der Waals surface area contributed by atoms with Crippen LogP contribution in [0.2, 0.25) is 0 Å². The monoisotopic (exact) mass is 465 g/mol. The van der Waals surface area contributed by atoms with Crippen molar-refractivity contribution in [3.8, 4) is 11.3 Å². The fourth-order valence-corrected chi connectivity index (χ4v) is 6.64. The minimum atomic E-state index is 0.146. The topological polar surface area (TPSA) is 30.2 Å². The van der Waals surface area contributed by atoms with Gasteiger partial charge in [-0.1, -0.05) is 66.8 Å². The summed E-state index contributed by atoms with van der Waals surface area (Å²) in [6.45, 7) is 0. The Morgan fingerprint density at radius 3 is 2.60 bits per heavy atom. The normalized spacial score (nSPS) is 17.0. The van der Waals surface area contributed by atoms with Gasteiger partial charge in [0.05, 0.1) is 39.6 Å². The predicted molar refractivity (Wildman–Crippen MR) is 149 cm³/mol. The summed E-state index contributed by atoms with van der Waals surface area (Å²) < 4.78 is 5.02. The lowest BCUT2D eigenvalue weighted by Gasteiger charge is -2.17. The largest absolute Gasteiger partial charge is 0.308 e. The summed E-state index contributed by atoms with van der Waals surface area (Å²) in [7, 11) is 0. The molecule has 1 aliphatic heterocycles. The smallest absolute Gasteiger partial charge is 0.0971 e. The third-order valence-corrected chi connectivity index (χ3v) is 8.24. The molecule has 0 N–H and O–H groups in total. The highest BCUT2D eigenvalue weighted by molar-refractivity contribution is 7.26. The number of fused-ring (bicyclic) bond motifs is 8. The fraction of sp³-hybridized carbons (Fsp3) is 0.0323. The van der Waals surface area contributed by atoms with Crippen molar-refractivity contribution in [2.75, 3.05) is 0 Å². The average Bonchev–Trinajstić information content (AvgIpc) is 3.60. The molecule has 4 heterocycles. The van der Waals surface area contributed by atoms with Gasteiger partial charge < -0.3 is 4.57 Å². The van der Waals surface area contributed by atoms with Crippen molar-refractivity contribution in [3.05, 3.63) is 109 Å². The Morgan fingerprint density at radius 1 is 0.771 bits per heavy atom. The maximum absolute atomic E-state index is 5.23. The van der Waals surface area contributed by atoms with Crippen LogP contribution >= 0.6 is 11.3 Å². The molecule has 1 aliphatic carbocycles. The summed E-state index contributed by atoms with van der Waals surface area (Å²) in [6, 6.07) is 28.0. The first-order chi connectivity index (χ1) is 17.4. The van der Waals surface area contributed by atoms with E-state index >= 15 is 0 Å². The SMILES string of the molecule is C1=CC2=NC=C(n3c4ccc(-c5ccccc5)nc4c4ccc5sc6ccccc6c5c43)C2C=C1. The van der Waals surface area contributed by atoms with Crippen LogP contribution in [-0.2, 0) is 0 Å². The van der Waals surface area contributed by atoms with Gasteiger partial charge in [0.2, 0.25) is 0 Å². The van der Waals surface area contributed by atoms with Crippen LogP contribution in [0, 0.1) is 5.92 Å². The number of thiophene rings is 1. The molecular formula is C31H19N3S. The van der Waals surface area contributed by atoms with Crippen LogP contribution in [0.5, 0.6) is 0 Å². The summed E-state index contributed by atoms with van der Waals surface area (Å²) in [5, 5.41) is 3.77. The maximum atomic E-state index is 5.23. The van der Waals surface area contributed by atoms with E-state index < -0.39 is 0 Å². The standard InChI is InChI=1S/C31H19N3S/c1-2-8-19(9-3-1)23-15-16-25-30(33-23)22-14-17-28-29(21-11-5-7-13-27(21)35-28)31(22)34(25)26-18-32-24-12-6-4-10-20(24)26/h1-18,20H. The van der Waals surface area contributed by atoms with Gasteiger partial charge in [0.1, 0.15) is 0 Å². The molecule has 1 atom stereocenters. The third kappa shape index (κ3) is 2.66. The first-order valence-corrected chi connectivity index (χ1v) is 12.6. The van der Waals surface area contributed by atoms with Crippen molar-refractivity contribution in [2.24, 2.45) is 10.9 Å². The number of aromatic nitrogens is 2. The minimum absolute atomic E-state index is 0.146. The Morgan fingerprint density at radius 2 is 1.66 bits per heavy atom. The molecular weight excluding hydrogens is 446 g/mol. The predicted octanol–water partition coefficient (Wildman–Crippen LogP) is 8.22. The molecule has 0 fully saturated rings. The van der Waals surface area contributed by atoms with E-state index in [0.717, 1.165) is 28.0 Å². The van der Waals surface area contributed by atoms with E-state index in [-0.39, 0.29) is 5.92 Å². The van der Waals surface area contributed by atoms with Gasteiger partial charge in [-0.3, -0.25) is 4.99 Å². The van der Waals surface area contributed by atoms with E-state index in [0.29, 0.717) is 0 Å². The molecule has 0 saturated heterocycles. The number of aliphatic imine (C=N–C) groups is 1. The molecule has 0 radical (unpaired) electrons. The quantitative estimate of drug-likeness (QED) is 0.253. The second-order valence-corrected chi connectivity index (χ2v) is 10.1. The lowest BCUT2D eigenvalue weighted by atomic mass is 9.96. The lowest BCUT2D eigenvalue weighted by Crippen LogP contribution is -2.13. The number of pyridine rings is 1. The van der Waals surface area contributed by atoms with Gasteiger partial charge >= 0.3 is 0 Å². The van der Waals surface area contributed by atoms with Crippen molar-refractivity contribution in [1.82, 2.24) is 9.55 Å². The lowest BCUT2D eigenvalue weighted by molar-refractivity contribution is 1.05. The Labute approximate surface area is 205 Å². The Kier molecular flexibility index (Phi) is 3.87. The number of hydrogen-bond donors (Lipinski definition) is 0. The van der Waals surface area contributed by atoms with Gasteiger partial charge in [-0.2, -0.15) is 0 Å². The zero-order chi connectivity index (χ0) is 22.9. The molecule has 4 heteroatoms. The second kappa shape index (κ2) is 7.11. The minimum Gasteiger partial charge on any atom is -0.308 e.